The summed E-state index contributed by atoms with van der Waals surface area (Å²) in [5, 5.41) is 9.70. The molecule has 4 heteroatoms. The zero-order chi connectivity index (χ0) is 15.6. The number of halogens is 2. The lowest BCUT2D eigenvalue weighted by molar-refractivity contribution is 0.477. The number of nitriles is 1. The Morgan fingerprint density at radius 2 is 1.95 bits per heavy atom. The molecule has 0 saturated carbocycles. The maximum atomic E-state index is 8.94. The largest absolute Gasteiger partial charge is 0.457 e. The lowest BCUT2D eigenvalue weighted by Gasteiger charge is -2.14. The summed E-state index contributed by atoms with van der Waals surface area (Å²) in [6, 6.07) is 11.3. The van der Waals surface area contributed by atoms with Crippen molar-refractivity contribution in [2.75, 3.05) is 0 Å². The second-order valence-electron chi connectivity index (χ2n) is 5.15. The van der Waals surface area contributed by atoms with E-state index in [0.29, 0.717) is 17.2 Å². The van der Waals surface area contributed by atoms with Gasteiger partial charge in [0.1, 0.15) is 17.6 Å². The van der Waals surface area contributed by atoms with Crippen molar-refractivity contribution in [1.82, 2.24) is 0 Å². The number of hydrogen-bond donors (Lipinski definition) is 0. The minimum atomic E-state index is 0.327. The summed E-state index contributed by atoms with van der Waals surface area (Å²) in [7, 11) is 0. The van der Waals surface area contributed by atoms with E-state index in [9.17, 15) is 0 Å². The number of nitrogens with zero attached hydrogens (tertiary/aromatic N) is 1. The van der Waals surface area contributed by atoms with Gasteiger partial charge in [-0.2, -0.15) is 5.26 Å². The van der Waals surface area contributed by atoms with Gasteiger partial charge in [-0.3, -0.25) is 0 Å². The van der Waals surface area contributed by atoms with E-state index in [1.807, 2.05) is 19.1 Å². The van der Waals surface area contributed by atoms with Gasteiger partial charge in [0.15, 0.2) is 0 Å². The Labute approximate surface area is 138 Å². The lowest BCUT2D eigenvalue weighted by atomic mass is 10.0. The van der Waals surface area contributed by atoms with Crippen LogP contribution in [0, 0.1) is 18.3 Å². The van der Waals surface area contributed by atoms with Crippen LogP contribution in [0.5, 0.6) is 11.5 Å². The second kappa shape index (κ2) is 6.51. The van der Waals surface area contributed by atoms with Crippen LogP contribution >= 0.6 is 27.5 Å². The third-order valence-electron chi connectivity index (χ3n) is 3.21. The Hall–Kier alpha value is -1.50. The van der Waals surface area contributed by atoms with Crippen molar-refractivity contribution in [2.24, 2.45) is 0 Å². The topological polar surface area (TPSA) is 33.0 Å². The highest BCUT2D eigenvalue weighted by Gasteiger charge is 2.11. The van der Waals surface area contributed by atoms with Gasteiger partial charge < -0.3 is 4.74 Å². The maximum absolute atomic E-state index is 8.94. The predicted molar refractivity (Wildman–Crippen MR) is 89.2 cm³/mol. The van der Waals surface area contributed by atoms with Crippen molar-refractivity contribution < 1.29 is 4.74 Å². The predicted octanol–water partition coefficient (Wildman–Crippen LogP) is 6.20. The fraction of sp³-hybridized carbons (Fsp3) is 0.235. The van der Waals surface area contributed by atoms with Gasteiger partial charge in [0.05, 0.1) is 5.56 Å². The first-order valence-corrected chi connectivity index (χ1v) is 7.77. The van der Waals surface area contributed by atoms with Crippen molar-refractivity contribution in [3.8, 4) is 17.6 Å². The Morgan fingerprint density at radius 1 is 1.24 bits per heavy atom. The summed E-state index contributed by atoms with van der Waals surface area (Å²) in [6.45, 7) is 6.15. The molecule has 0 heterocycles. The highest BCUT2D eigenvalue weighted by atomic mass is 79.9. The molecular formula is C17H15BrClNO. The molecular weight excluding hydrogens is 350 g/mol. The molecule has 2 rings (SSSR count). The normalized spacial score (nSPS) is 10.5. The molecule has 2 aromatic rings. The highest BCUT2D eigenvalue weighted by Crippen LogP contribution is 2.34. The maximum Gasteiger partial charge on any atom is 0.130 e. The zero-order valence-corrected chi connectivity index (χ0v) is 14.4. The van der Waals surface area contributed by atoms with Gasteiger partial charge in [0.2, 0.25) is 0 Å². The van der Waals surface area contributed by atoms with Gasteiger partial charge in [0, 0.05) is 9.50 Å². The number of ether oxygens (including phenoxy) is 1. The van der Waals surface area contributed by atoms with Gasteiger partial charge in [-0.05, 0) is 70.2 Å². The van der Waals surface area contributed by atoms with Crippen LogP contribution in [0.2, 0.25) is 5.02 Å². The minimum absolute atomic E-state index is 0.327. The van der Waals surface area contributed by atoms with E-state index in [2.05, 4.69) is 35.8 Å². The first-order chi connectivity index (χ1) is 9.92. The molecule has 21 heavy (non-hydrogen) atoms. The van der Waals surface area contributed by atoms with Crippen molar-refractivity contribution in [1.29, 1.82) is 5.26 Å². The summed E-state index contributed by atoms with van der Waals surface area (Å²) in [6.07, 6.45) is 0. The van der Waals surface area contributed by atoms with Crippen LogP contribution in [-0.4, -0.2) is 0 Å². The van der Waals surface area contributed by atoms with Crippen LogP contribution in [0.4, 0.5) is 0 Å². The second-order valence-corrected chi connectivity index (χ2v) is 6.41. The number of benzene rings is 2. The molecule has 0 aliphatic heterocycles. The van der Waals surface area contributed by atoms with Crippen LogP contribution in [0.3, 0.4) is 0 Å². The smallest absolute Gasteiger partial charge is 0.130 e. The number of hydrogen-bond acceptors (Lipinski definition) is 2. The SMILES string of the molecule is Cc1cc(Cl)c(C(C)C)cc1Oc1ccc(C#N)c(Br)c1. The van der Waals surface area contributed by atoms with E-state index >= 15 is 0 Å². The van der Waals surface area contributed by atoms with E-state index in [0.717, 1.165) is 26.4 Å². The molecule has 0 N–H and O–H groups in total. The average Bonchev–Trinajstić information content (AvgIpc) is 2.41. The van der Waals surface area contributed by atoms with Gasteiger partial charge in [-0.15, -0.1) is 0 Å². The summed E-state index contributed by atoms with van der Waals surface area (Å²) in [5.41, 5.74) is 2.62. The summed E-state index contributed by atoms with van der Waals surface area (Å²) < 4.78 is 6.66. The molecule has 0 aliphatic rings. The number of rotatable bonds is 3. The van der Waals surface area contributed by atoms with Crippen LogP contribution in [0.25, 0.3) is 0 Å². The van der Waals surface area contributed by atoms with Gasteiger partial charge in [0.25, 0.3) is 0 Å². The summed E-state index contributed by atoms with van der Waals surface area (Å²) in [4.78, 5) is 0. The Kier molecular flexibility index (Phi) is 4.92. The first-order valence-electron chi connectivity index (χ1n) is 6.60. The molecule has 0 atom stereocenters. The Bertz CT molecular complexity index is 719. The summed E-state index contributed by atoms with van der Waals surface area (Å²) in [5.74, 6) is 1.79. The van der Waals surface area contributed by atoms with Crippen LogP contribution in [0.15, 0.2) is 34.8 Å². The Morgan fingerprint density at radius 3 is 2.52 bits per heavy atom. The summed E-state index contributed by atoms with van der Waals surface area (Å²) >= 11 is 9.63. The molecule has 0 radical (unpaired) electrons. The van der Waals surface area contributed by atoms with E-state index in [4.69, 9.17) is 21.6 Å². The van der Waals surface area contributed by atoms with Crippen LogP contribution in [0.1, 0.15) is 36.5 Å². The van der Waals surface area contributed by atoms with Gasteiger partial charge in [-0.1, -0.05) is 25.4 Å². The van der Waals surface area contributed by atoms with Gasteiger partial charge in [-0.25, -0.2) is 0 Å². The first kappa shape index (κ1) is 15.9. The van der Waals surface area contributed by atoms with E-state index < -0.39 is 0 Å². The molecule has 108 valence electrons. The van der Waals surface area contributed by atoms with Gasteiger partial charge >= 0.3 is 0 Å². The van der Waals surface area contributed by atoms with Crippen molar-refractivity contribution >= 4 is 27.5 Å². The van der Waals surface area contributed by atoms with Crippen molar-refractivity contribution in [2.45, 2.75) is 26.7 Å². The minimum Gasteiger partial charge on any atom is -0.457 e. The monoisotopic (exact) mass is 363 g/mol. The molecule has 0 bridgehead atoms. The molecule has 0 spiro atoms. The third-order valence-corrected chi connectivity index (χ3v) is 4.19. The fourth-order valence-corrected chi connectivity index (χ4v) is 2.88. The van der Waals surface area contributed by atoms with Crippen LogP contribution in [-0.2, 0) is 0 Å². The molecule has 0 fully saturated rings. The number of aryl methyl sites for hydroxylation is 1. The zero-order valence-electron chi connectivity index (χ0n) is 12.1. The molecule has 0 amide bonds. The lowest BCUT2D eigenvalue weighted by Crippen LogP contribution is -1.94. The van der Waals surface area contributed by atoms with Crippen molar-refractivity contribution in [3.05, 3.63) is 56.5 Å². The molecule has 0 aliphatic carbocycles. The standard InChI is InChI=1S/C17H15BrClNO/c1-10(2)14-8-17(11(3)6-16(14)19)21-13-5-4-12(9-20)15(18)7-13/h4-8,10H,1-3H3. The van der Waals surface area contributed by atoms with Crippen molar-refractivity contribution in [3.63, 3.8) is 0 Å². The molecule has 2 aromatic carbocycles. The quantitative estimate of drug-likeness (QED) is 0.649. The molecule has 2 nitrogen and oxygen atoms in total. The van der Waals surface area contributed by atoms with Crippen LogP contribution < -0.4 is 4.74 Å². The average molecular weight is 365 g/mol. The fourth-order valence-electron chi connectivity index (χ4n) is 2.00. The molecule has 0 saturated heterocycles. The van der Waals surface area contributed by atoms with E-state index in [1.54, 1.807) is 18.2 Å². The van der Waals surface area contributed by atoms with E-state index in [-0.39, 0.29) is 0 Å². The third kappa shape index (κ3) is 3.58. The molecule has 0 aromatic heterocycles. The van der Waals surface area contributed by atoms with E-state index in [1.165, 1.54) is 0 Å². The Balaban J connectivity index is 2.38. The molecule has 0 unspecified atom stereocenters. The highest BCUT2D eigenvalue weighted by molar-refractivity contribution is 9.10.